The molecular weight excluding hydrogens is 197 g/mol. The number of amides is 1. The van der Waals surface area contributed by atoms with Crippen molar-refractivity contribution < 1.29 is 14.0 Å². The van der Waals surface area contributed by atoms with E-state index in [0.717, 1.165) is 6.07 Å². The molecule has 1 unspecified atom stereocenters. The molecule has 1 rings (SSSR count). The maximum atomic E-state index is 12.8. The van der Waals surface area contributed by atoms with Crippen LogP contribution >= 0.6 is 0 Å². The first kappa shape index (κ1) is 11.4. The highest BCUT2D eigenvalue weighted by molar-refractivity contribution is 5.97. The molecule has 0 saturated carbocycles. The minimum Gasteiger partial charge on any atom is -0.343 e. The summed E-state index contributed by atoms with van der Waals surface area (Å²) >= 11 is 0. The number of ketones is 1. The fraction of sp³-hybridized carbons (Fsp3) is 0.273. The molecular formula is C11H12FNO2. The van der Waals surface area contributed by atoms with E-state index in [9.17, 15) is 14.0 Å². The zero-order valence-electron chi connectivity index (χ0n) is 8.58. The van der Waals surface area contributed by atoms with Crippen LogP contribution in [0.3, 0.4) is 0 Å². The largest absolute Gasteiger partial charge is 0.343 e. The molecule has 0 saturated heterocycles. The molecule has 0 aliphatic heterocycles. The van der Waals surface area contributed by atoms with Crippen LogP contribution in [0, 0.1) is 5.82 Å². The Morgan fingerprint density at radius 2 is 2.07 bits per heavy atom. The second-order valence-corrected chi connectivity index (χ2v) is 3.32. The molecule has 0 radical (unpaired) electrons. The van der Waals surface area contributed by atoms with Crippen molar-refractivity contribution in [2.75, 3.05) is 0 Å². The van der Waals surface area contributed by atoms with Gasteiger partial charge < -0.3 is 5.32 Å². The zero-order chi connectivity index (χ0) is 11.4. The molecule has 4 heteroatoms. The Morgan fingerprint density at radius 1 is 1.40 bits per heavy atom. The molecule has 0 aromatic heterocycles. The van der Waals surface area contributed by atoms with Crippen molar-refractivity contribution in [3.8, 4) is 0 Å². The predicted octanol–water partition coefficient (Wildman–Crippen LogP) is 1.53. The van der Waals surface area contributed by atoms with E-state index in [1.807, 2.05) is 0 Å². The molecule has 1 aromatic rings. The Kier molecular flexibility index (Phi) is 3.55. The molecule has 1 aromatic carbocycles. The average Bonchev–Trinajstić information content (AvgIpc) is 2.17. The number of carbonyl (C=O) groups is 2. The van der Waals surface area contributed by atoms with E-state index in [-0.39, 0.29) is 11.3 Å². The van der Waals surface area contributed by atoms with Crippen molar-refractivity contribution in [3.63, 3.8) is 0 Å². The van der Waals surface area contributed by atoms with E-state index in [4.69, 9.17) is 0 Å². The van der Waals surface area contributed by atoms with Gasteiger partial charge in [0.1, 0.15) is 5.82 Å². The summed E-state index contributed by atoms with van der Waals surface area (Å²) in [7, 11) is 0. The lowest BCUT2D eigenvalue weighted by atomic mass is 10.2. The Balaban J connectivity index is 2.73. The van der Waals surface area contributed by atoms with Crippen molar-refractivity contribution >= 4 is 11.7 Å². The summed E-state index contributed by atoms with van der Waals surface area (Å²) in [6.07, 6.45) is 0. The van der Waals surface area contributed by atoms with Crippen LogP contribution in [0.4, 0.5) is 4.39 Å². The Morgan fingerprint density at radius 3 is 2.60 bits per heavy atom. The van der Waals surface area contributed by atoms with Crippen LogP contribution < -0.4 is 5.32 Å². The topological polar surface area (TPSA) is 46.2 Å². The number of hydrogen-bond acceptors (Lipinski definition) is 2. The minimum absolute atomic E-state index is 0.139. The molecule has 1 amide bonds. The van der Waals surface area contributed by atoms with Crippen molar-refractivity contribution in [2.45, 2.75) is 19.9 Å². The van der Waals surface area contributed by atoms with E-state index >= 15 is 0 Å². The van der Waals surface area contributed by atoms with Gasteiger partial charge in [-0.05, 0) is 32.0 Å². The van der Waals surface area contributed by atoms with Gasteiger partial charge in [0.2, 0.25) is 0 Å². The third-order valence-corrected chi connectivity index (χ3v) is 2.04. The summed E-state index contributed by atoms with van der Waals surface area (Å²) in [6.45, 7) is 2.97. The molecule has 0 bridgehead atoms. The Hall–Kier alpha value is -1.71. The number of halogens is 1. The maximum Gasteiger partial charge on any atom is 0.251 e. The third-order valence-electron chi connectivity index (χ3n) is 2.04. The summed E-state index contributed by atoms with van der Waals surface area (Å²) in [5.74, 6) is -1.06. The van der Waals surface area contributed by atoms with E-state index in [2.05, 4.69) is 5.32 Å². The first-order valence-electron chi connectivity index (χ1n) is 4.57. The first-order chi connectivity index (χ1) is 7.00. The van der Waals surface area contributed by atoms with Crippen LogP contribution in [0.2, 0.25) is 0 Å². The smallest absolute Gasteiger partial charge is 0.251 e. The summed E-state index contributed by atoms with van der Waals surface area (Å²) in [6, 6.07) is 4.77. The quantitative estimate of drug-likeness (QED) is 0.820. The van der Waals surface area contributed by atoms with Crippen LogP contribution in [0.25, 0.3) is 0 Å². The summed E-state index contributed by atoms with van der Waals surface area (Å²) in [5.41, 5.74) is 0.211. The first-order valence-corrected chi connectivity index (χ1v) is 4.57. The molecule has 1 atom stereocenters. The lowest BCUT2D eigenvalue weighted by Gasteiger charge is -2.10. The maximum absolute atomic E-state index is 12.8. The van der Waals surface area contributed by atoms with Crippen molar-refractivity contribution in [1.82, 2.24) is 5.32 Å². The number of carbonyl (C=O) groups excluding carboxylic acids is 2. The van der Waals surface area contributed by atoms with E-state index < -0.39 is 17.8 Å². The molecule has 1 N–H and O–H groups in total. The van der Waals surface area contributed by atoms with E-state index in [1.165, 1.54) is 25.1 Å². The normalized spacial score (nSPS) is 11.9. The van der Waals surface area contributed by atoms with Gasteiger partial charge in [-0.15, -0.1) is 0 Å². The molecule has 0 aliphatic rings. The Bertz CT molecular complexity index is 390. The van der Waals surface area contributed by atoms with Gasteiger partial charge in [0.05, 0.1) is 6.04 Å². The number of rotatable bonds is 3. The van der Waals surface area contributed by atoms with Gasteiger partial charge >= 0.3 is 0 Å². The van der Waals surface area contributed by atoms with E-state index in [0.29, 0.717) is 0 Å². The summed E-state index contributed by atoms with van der Waals surface area (Å²) in [4.78, 5) is 22.4. The zero-order valence-corrected chi connectivity index (χ0v) is 8.58. The van der Waals surface area contributed by atoms with Gasteiger partial charge in [0.15, 0.2) is 5.78 Å². The number of nitrogens with one attached hydrogen (secondary N) is 1. The number of benzene rings is 1. The van der Waals surface area contributed by atoms with E-state index in [1.54, 1.807) is 6.92 Å². The fourth-order valence-electron chi connectivity index (χ4n) is 1.01. The van der Waals surface area contributed by atoms with Crippen LogP contribution in [0.5, 0.6) is 0 Å². The summed E-state index contributed by atoms with van der Waals surface area (Å²) in [5, 5.41) is 2.47. The standard InChI is InChI=1S/C11H12FNO2/c1-7(8(2)14)13-11(15)9-4-3-5-10(12)6-9/h3-7H,1-2H3,(H,13,15). The highest BCUT2D eigenvalue weighted by Gasteiger charge is 2.12. The lowest BCUT2D eigenvalue weighted by molar-refractivity contribution is -0.118. The number of hydrogen-bond donors (Lipinski definition) is 1. The highest BCUT2D eigenvalue weighted by atomic mass is 19.1. The molecule has 3 nitrogen and oxygen atoms in total. The summed E-state index contributed by atoms with van der Waals surface area (Å²) < 4.78 is 12.8. The number of Topliss-reactive ketones (excluding diaryl/α,β-unsaturated/α-hetero) is 1. The van der Waals surface area contributed by atoms with Gasteiger partial charge in [-0.25, -0.2) is 4.39 Å². The van der Waals surface area contributed by atoms with Gasteiger partial charge in [-0.1, -0.05) is 6.07 Å². The minimum atomic E-state index is -0.555. The second kappa shape index (κ2) is 4.68. The van der Waals surface area contributed by atoms with Gasteiger partial charge in [-0.2, -0.15) is 0 Å². The van der Waals surface area contributed by atoms with Crippen LogP contribution in [-0.2, 0) is 4.79 Å². The molecule has 0 spiro atoms. The van der Waals surface area contributed by atoms with Crippen LogP contribution in [0.15, 0.2) is 24.3 Å². The van der Waals surface area contributed by atoms with Gasteiger partial charge in [0.25, 0.3) is 5.91 Å². The molecule has 0 heterocycles. The average molecular weight is 209 g/mol. The van der Waals surface area contributed by atoms with Crippen molar-refractivity contribution in [3.05, 3.63) is 35.6 Å². The molecule has 15 heavy (non-hydrogen) atoms. The predicted molar refractivity (Wildman–Crippen MR) is 54.0 cm³/mol. The third kappa shape index (κ3) is 3.16. The molecule has 80 valence electrons. The highest BCUT2D eigenvalue weighted by Crippen LogP contribution is 2.03. The fourth-order valence-corrected chi connectivity index (χ4v) is 1.01. The SMILES string of the molecule is CC(=O)C(C)NC(=O)c1cccc(F)c1. The van der Waals surface area contributed by atoms with Crippen LogP contribution in [-0.4, -0.2) is 17.7 Å². The Labute approximate surface area is 87.3 Å². The van der Waals surface area contributed by atoms with Crippen molar-refractivity contribution in [2.24, 2.45) is 0 Å². The van der Waals surface area contributed by atoms with Crippen LogP contribution in [0.1, 0.15) is 24.2 Å². The second-order valence-electron chi connectivity index (χ2n) is 3.32. The molecule has 0 aliphatic carbocycles. The van der Waals surface area contributed by atoms with Crippen molar-refractivity contribution in [1.29, 1.82) is 0 Å². The van der Waals surface area contributed by atoms with Gasteiger partial charge in [0, 0.05) is 5.56 Å². The lowest BCUT2D eigenvalue weighted by Crippen LogP contribution is -2.37. The van der Waals surface area contributed by atoms with Gasteiger partial charge in [-0.3, -0.25) is 9.59 Å². The molecule has 0 fully saturated rings. The monoisotopic (exact) mass is 209 g/mol.